The van der Waals surface area contributed by atoms with Gasteiger partial charge >= 0.3 is 5.97 Å². The third kappa shape index (κ3) is 8.35. The molecule has 1 aliphatic heterocycles. The summed E-state index contributed by atoms with van der Waals surface area (Å²) >= 11 is 0. The molecule has 2 aliphatic rings. The van der Waals surface area contributed by atoms with Crippen molar-refractivity contribution in [2.75, 3.05) is 18.0 Å². The van der Waals surface area contributed by atoms with E-state index >= 15 is 0 Å². The van der Waals surface area contributed by atoms with Crippen LogP contribution < -0.4 is 26.4 Å². The maximum Gasteiger partial charge on any atom is 0.323 e. The number of anilines is 1. The van der Waals surface area contributed by atoms with E-state index in [-0.39, 0.29) is 30.5 Å². The van der Waals surface area contributed by atoms with Crippen molar-refractivity contribution in [3.05, 3.63) is 89.5 Å². The smallest absolute Gasteiger partial charge is 0.323 e. The molecular weight excluding hydrogens is 542 g/mol. The molecule has 5 rings (SSSR count). The Hall–Kier alpha value is -4.37. The number of amides is 1. The lowest BCUT2D eigenvalue weighted by Gasteiger charge is -2.31. The van der Waals surface area contributed by atoms with Crippen LogP contribution in [0, 0.1) is 0 Å². The Morgan fingerprint density at radius 3 is 2.35 bits per heavy atom. The summed E-state index contributed by atoms with van der Waals surface area (Å²) in [4.78, 5) is 32.1. The van der Waals surface area contributed by atoms with E-state index in [1.807, 2.05) is 42.5 Å². The van der Waals surface area contributed by atoms with Crippen molar-refractivity contribution in [1.82, 2.24) is 5.32 Å². The zero-order valence-corrected chi connectivity index (χ0v) is 24.5. The molecule has 0 spiro atoms. The van der Waals surface area contributed by atoms with Gasteiger partial charge in [0.15, 0.2) is 5.96 Å². The van der Waals surface area contributed by atoms with Gasteiger partial charge in [-0.05, 0) is 93.3 Å². The monoisotopic (exact) mass is 583 g/mol. The molecule has 0 bridgehead atoms. The molecule has 1 amide bonds. The zero-order valence-electron chi connectivity index (χ0n) is 24.5. The minimum absolute atomic E-state index is 0.0158. The molecule has 1 saturated heterocycles. The highest BCUT2D eigenvalue weighted by atomic mass is 16.5. The second-order valence-electron chi connectivity index (χ2n) is 11.2. The number of carbonyl (C=O) groups excluding carboxylic acids is 2. The lowest BCUT2D eigenvalue weighted by Crippen LogP contribution is -2.37. The number of ether oxygens (including phenoxy) is 2. The van der Waals surface area contributed by atoms with Crippen molar-refractivity contribution in [2.45, 2.75) is 70.1 Å². The first-order chi connectivity index (χ1) is 21.0. The van der Waals surface area contributed by atoms with Crippen molar-refractivity contribution >= 4 is 23.5 Å². The van der Waals surface area contributed by atoms with Crippen molar-refractivity contribution < 1.29 is 19.1 Å². The minimum atomic E-state index is -0.744. The molecule has 43 heavy (non-hydrogen) atoms. The number of para-hydroxylation sites is 1. The normalized spacial score (nSPS) is 16.5. The van der Waals surface area contributed by atoms with Crippen molar-refractivity contribution in [3.63, 3.8) is 0 Å². The van der Waals surface area contributed by atoms with Gasteiger partial charge in [0.2, 0.25) is 0 Å². The molecule has 0 unspecified atom stereocenters. The maximum atomic E-state index is 12.9. The molecule has 1 aliphatic carbocycles. The van der Waals surface area contributed by atoms with Crippen LogP contribution in [0.5, 0.6) is 11.5 Å². The first-order valence-electron chi connectivity index (χ1n) is 15.2. The van der Waals surface area contributed by atoms with Crippen molar-refractivity contribution in [1.29, 1.82) is 0 Å². The first kappa shape index (κ1) is 30.1. The zero-order chi connectivity index (χ0) is 30.0. The molecule has 1 saturated carbocycles. The number of rotatable bonds is 10. The number of esters is 1. The molecule has 3 aromatic rings. The molecule has 1 atom stereocenters. The van der Waals surface area contributed by atoms with Gasteiger partial charge in [-0.25, -0.2) is 4.99 Å². The number of benzene rings is 3. The van der Waals surface area contributed by atoms with Crippen LogP contribution >= 0.6 is 0 Å². The second-order valence-corrected chi connectivity index (χ2v) is 11.2. The topological polar surface area (TPSA) is 132 Å². The van der Waals surface area contributed by atoms with Crippen LogP contribution in [0.3, 0.4) is 0 Å². The van der Waals surface area contributed by atoms with Gasteiger partial charge in [0.1, 0.15) is 23.6 Å². The number of nitrogens with one attached hydrogen (secondary N) is 1. The highest BCUT2D eigenvalue weighted by Gasteiger charge is 2.23. The molecule has 5 N–H and O–H groups in total. The van der Waals surface area contributed by atoms with E-state index in [0.717, 1.165) is 74.2 Å². The highest BCUT2D eigenvalue weighted by Crippen LogP contribution is 2.34. The number of aliphatic imine (C=N–C) groups is 1. The van der Waals surface area contributed by atoms with Gasteiger partial charge in [0.25, 0.3) is 5.91 Å². The molecule has 0 aromatic heterocycles. The summed E-state index contributed by atoms with van der Waals surface area (Å²) in [5.74, 6) is 0.711. The van der Waals surface area contributed by atoms with E-state index in [0.29, 0.717) is 17.7 Å². The minimum Gasteiger partial charge on any atom is -0.461 e. The molecule has 3 aromatic carbocycles. The van der Waals surface area contributed by atoms with Crippen LogP contribution in [0.25, 0.3) is 0 Å². The Labute approximate surface area is 253 Å². The van der Waals surface area contributed by atoms with E-state index in [1.165, 1.54) is 6.42 Å². The summed E-state index contributed by atoms with van der Waals surface area (Å²) in [5, 5.41) is 2.69. The quantitative estimate of drug-likeness (QED) is 0.172. The van der Waals surface area contributed by atoms with Gasteiger partial charge in [-0.15, -0.1) is 0 Å². The summed E-state index contributed by atoms with van der Waals surface area (Å²) in [7, 11) is 0. The molecular formula is C34H41N5O4. The van der Waals surface area contributed by atoms with Crippen LogP contribution in [0.2, 0.25) is 0 Å². The molecule has 226 valence electrons. The van der Waals surface area contributed by atoms with E-state index in [9.17, 15) is 9.59 Å². The van der Waals surface area contributed by atoms with Crippen LogP contribution in [0.15, 0.2) is 77.8 Å². The van der Waals surface area contributed by atoms with Crippen molar-refractivity contribution in [3.8, 4) is 11.5 Å². The number of carbonyl (C=O) groups is 2. The number of nitrogens with two attached hydrogens (primary N) is 2. The number of hydrogen-bond donors (Lipinski definition) is 3. The molecule has 1 heterocycles. The van der Waals surface area contributed by atoms with E-state index in [2.05, 4.69) is 21.3 Å². The van der Waals surface area contributed by atoms with Gasteiger partial charge in [0, 0.05) is 29.9 Å². The SMILES string of the molecule is NC(=NCc1c(Oc2ccccc2)cccc1N1CCCCC1)NC(=O)c1ccc(C[C@H](N)C(=O)OC2CCCC2)cc1. The first-order valence-corrected chi connectivity index (χ1v) is 15.2. The highest BCUT2D eigenvalue weighted by molar-refractivity contribution is 6.05. The molecule has 0 radical (unpaired) electrons. The van der Waals surface area contributed by atoms with Crippen LogP contribution in [0.4, 0.5) is 5.69 Å². The van der Waals surface area contributed by atoms with E-state index < -0.39 is 6.04 Å². The fraction of sp³-hybridized carbons (Fsp3) is 0.382. The Balaban J connectivity index is 1.22. The molecule has 9 nitrogen and oxygen atoms in total. The fourth-order valence-corrected chi connectivity index (χ4v) is 5.63. The average Bonchev–Trinajstić information content (AvgIpc) is 3.54. The lowest BCUT2D eigenvalue weighted by molar-refractivity contribution is -0.150. The van der Waals surface area contributed by atoms with E-state index in [1.54, 1.807) is 24.3 Å². The fourth-order valence-electron chi connectivity index (χ4n) is 5.63. The largest absolute Gasteiger partial charge is 0.461 e. The number of hydrogen-bond acceptors (Lipinski definition) is 7. The molecule has 9 heteroatoms. The summed E-state index contributed by atoms with van der Waals surface area (Å²) < 4.78 is 11.8. The Kier molecular flexibility index (Phi) is 10.3. The average molecular weight is 584 g/mol. The Morgan fingerprint density at radius 1 is 0.907 bits per heavy atom. The lowest BCUT2D eigenvalue weighted by atomic mass is 10.0. The Bertz CT molecular complexity index is 1400. The molecule has 2 fully saturated rings. The predicted molar refractivity (Wildman–Crippen MR) is 168 cm³/mol. The maximum absolute atomic E-state index is 12.9. The predicted octanol–water partition coefficient (Wildman–Crippen LogP) is 5.07. The van der Waals surface area contributed by atoms with Gasteiger partial charge in [-0.1, -0.05) is 36.4 Å². The standard InChI is InChI=1S/C34H41N5O4/c35-29(33(41)43-27-12-5-6-13-27)22-24-16-18-25(19-17-24)32(40)38-34(36)37-23-28-30(39-20-7-2-8-21-39)14-9-15-31(28)42-26-10-3-1-4-11-26/h1,3-4,9-11,14-19,27,29H,2,5-8,12-13,20-23,35H2,(H3,36,37,38,40)/t29-/m0/s1. The van der Waals surface area contributed by atoms with Crippen LogP contribution in [-0.4, -0.2) is 43.1 Å². The number of guanidine groups is 1. The van der Waals surface area contributed by atoms with Gasteiger partial charge < -0.3 is 25.8 Å². The van der Waals surface area contributed by atoms with Crippen LogP contribution in [0.1, 0.15) is 66.4 Å². The second kappa shape index (κ2) is 14.7. The Morgan fingerprint density at radius 2 is 1.63 bits per heavy atom. The van der Waals surface area contributed by atoms with Gasteiger partial charge in [0.05, 0.1) is 6.54 Å². The summed E-state index contributed by atoms with van der Waals surface area (Å²) in [6, 6.07) is 21.8. The third-order valence-corrected chi connectivity index (χ3v) is 7.98. The summed E-state index contributed by atoms with van der Waals surface area (Å²) in [6.45, 7) is 2.19. The summed E-state index contributed by atoms with van der Waals surface area (Å²) in [6.07, 6.45) is 7.80. The number of piperidine rings is 1. The van der Waals surface area contributed by atoms with Gasteiger partial charge in [-0.2, -0.15) is 0 Å². The van der Waals surface area contributed by atoms with E-state index in [4.69, 9.17) is 20.9 Å². The van der Waals surface area contributed by atoms with Crippen molar-refractivity contribution in [2.24, 2.45) is 16.5 Å². The van der Waals surface area contributed by atoms with Gasteiger partial charge in [-0.3, -0.25) is 14.9 Å². The number of nitrogens with zero attached hydrogens (tertiary/aromatic N) is 2. The third-order valence-electron chi connectivity index (χ3n) is 7.98. The van der Waals surface area contributed by atoms with Crippen LogP contribution in [-0.2, 0) is 22.5 Å². The summed E-state index contributed by atoms with van der Waals surface area (Å²) in [5.41, 5.74) is 15.5.